The third kappa shape index (κ3) is 3.12. The Hall–Kier alpha value is -2.40. The molecule has 0 aromatic heterocycles. The molecule has 1 aliphatic heterocycles. The number of sulfonamides is 1. The molecule has 2 aromatic carbocycles. The first-order valence-corrected chi connectivity index (χ1v) is 9.19. The maximum atomic E-state index is 12.5. The largest absolute Gasteiger partial charge is 0.339 e. The van der Waals surface area contributed by atoms with Gasteiger partial charge in [0.15, 0.2) is 0 Å². The number of hydrogen-bond donors (Lipinski definition) is 1. The van der Waals surface area contributed by atoms with Gasteiger partial charge in [0.05, 0.1) is 0 Å². The van der Waals surface area contributed by atoms with Crippen molar-refractivity contribution < 1.29 is 8.42 Å². The molecule has 4 nitrogen and oxygen atoms in total. The number of nitrogens with zero attached hydrogens (tertiary/aromatic N) is 1. The van der Waals surface area contributed by atoms with Crippen molar-refractivity contribution in [3.8, 4) is 0 Å². The predicted molar refractivity (Wildman–Crippen MR) is 99.7 cm³/mol. The second-order valence-electron chi connectivity index (χ2n) is 6.24. The molecular weight excluding hydrogens is 320 g/mol. The van der Waals surface area contributed by atoms with Gasteiger partial charge in [0, 0.05) is 11.3 Å². The average Bonchev–Trinajstić information content (AvgIpc) is 2.68. The van der Waals surface area contributed by atoms with Gasteiger partial charge in [-0.05, 0) is 56.5 Å². The quantitative estimate of drug-likeness (QED) is 0.891. The summed E-state index contributed by atoms with van der Waals surface area (Å²) in [6, 6.07) is 13.5. The van der Waals surface area contributed by atoms with Crippen LogP contribution in [-0.2, 0) is 10.0 Å². The van der Waals surface area contributed by atoms with E-state index in [1.807, 2.05) is 57.2 Å². The summed E-state index contributed by atoms with van der Waals surface area (Å²) in [6.07, 6.45) is 0. The number of benzene rings is 2. The van der Waals surface area contributed by atoms with Gasteiger partial charge in [0.1, 0.15) is 10.7 Å². The first-order chi connectivity index (χ1) is 11.3. The fourth-order valence-corrected chi connectivity index (χ4v) is 4.34. The smallest absolute Gasteiger partial charge is 0.285 e. The first kappa shape index (κ1) is 16.5. The van der Waals surface area contributed by atoms with Crippen molar-refractivity contribution in [3.63, 3.8) is 0 Å². The van der Waals surface area contributed by atoms with E-state index in [9.17, 15) is 8.42 Å². The van der Waals surface area contributed by atoms with E-state index in [1.54, 1.807) is 6.92 Å². The lowest BCUT2D eigenvalue weighted by atomic mass is 10.1. The van der Waals surface area contributed by atoms with Crippen molar-refractivity contribution in [1.29, 1.82) is 0 Å². The first-order valence-electron chi connectivity index (χ1n) is 7.75. The van der Waals surface area contributed by atoms with Crippen molar-refractivity contribution in [1.82, 2.24) is 0 Å². The summed E-state index contributed by atoms with van der Waals surface area (Å²) in [5.41, 5.74) is 5.45. The Kier molecular flexibility index (Phi) is 4.05. The van der Waals surface area contributed by atoms with E-state index in [1.165, 1.54) is 0 Å². The van der Waals surface area contributed by atoms with Gasteiger partial charge in [-0.1, -0.05) is 35.9 Å². The molecule has 5 heteroatoms. The van der Waals surface area contributed by atoms with Gasteiger partial charge in [0.25, 0.3) is 10.0 Å². The van der Waals surface area contributed by atoms with Crippen LogP contribution in [0.2, 0.25) is 0 Å². The summed E-state index contributed by atoms with van der Waals surface area (Å²) in [5.74, 6) is 0.385. The third-order valence-electron chi connectivity index (χ3n) is 3.96. The van der Waals surface area contributed by atoms with Gasteiger partial charge >= 0.3 is 0 Å². The molecule has 0 spiro atoms. The minimum atomic E-state index is -3.69. The van der Waals surface area contributed by atoms with Gasteiger partial charge in [-0.3, -0.25) is 0 Å². The third-order valence-corrected chi connectivity index (χ3v) is 5.44. The lowest BCUT2D eigenvalue weighted by molar-refractivity contribution is 0.608. The molecule has 0 saturated carbocycles. The van der Waals surface area contributed by atoms with Crippen LogP contribution in [0.25, 0.3) is 4.91 Å². The number of nitrogens with one attached hydrogen (secondary N) is 1. The van der Waals surface area contributed by atoms with E-state index in [0.29, 0.717) is 17.0 Å². The van der Waals surface area contributed by atoms with Crippen molar-refractivity contribution in [2.75, 3.05) is 5.32 Å². The van der Waals surface area contributed by atoms with E-state index < -0.39 is 10.0 Å². The molecule has 0 saturated heterocycles. The summed E-state index contributed by atoms with van der Waals surface area (Å²) in [7, 11) is -3.69. The summed E-state index contributed by atoms with van der Waals surface area (Å²) in [6.45, 7) is 7.77. The van der Waals surface area contributed by atoms with Crippen LogP contribution in [0.1, 0.15) is 29.2 Å². The van der Waals surface area contributed by atoms with Crippen LogP contribution in [0, 0.1) is 20.8 Å². The Labute approximate surface area is 143 Å². The topological polar surface area (TPSA) is 58.5 Å². The number of aryl methyl sites for hydroxylation is 3. The zero-order valence-corrected chi connectivity index (χ0v) is 15.0. The Bertz CT molecular complexity index is 949. The fraction of sp³-hybridized carbons (Fsp3) is 0.211. The molecule has 1 aliphatic rings. The van der Waals surface area contributed by atoms with Crippen LogP contribution >= 0.6 is 0 Å². The molecule has 24 heavy (non-hydrogen) atoms. The van der Waals surface area contributed by atoms with Gasteiger partial charge in [-0.15, -0.1) is 4.40 Å². The molecule has 0 unspecified atom stereocenters. The van der Waals surface area contributed by atoms with Gasteiger partial charge in [-0.25, -0.2) is 0 Å². The fourth-order valence-electron chi connectivity index (χ4n) is 2.91. The van der Waals surface area contributed by atoms with Crippen molar-refractivity contribution in [2.24, 2.45) is 4.40 Å². The Morgan fingerprint density at radius 2 is 1.42 bits per heavy atom. The van der Waals surface area contributed by atoms with Crippen LogP contribution in [0.15, 0.2) is 52.4 Å². The van der Waals surface area contributed by atoms with Gasteiger partial charge < -0.3 is 5.32 Å². The molecule has 0 atom stereocenters. The zero-order valence-electron chi connectivity index (χ0n) is 14.2. The highest BCUT2D eigenvalue weighted by Gasteiger charge is 2.31. The molecule has 1 N–H and O–H groups in total. The molecule has 0 fully saturated rings. The van der Waals surface area contributed by atoms with Crippen LogP contribution in [0.5, 0.6) is 0 Å². The Morgan fingerprint density at radius 3 is 2.00 bits per heavy atom. The van der Waals surface area contributed by atoms with E-state index in [0.717, 1.165) is 22.4 Å². The minimum Gasteiger partial charge on any atom is -0.339 e. The maximum Gasteiger partial charge on any atom is 0.285 e. The molecule has 0 amide bonds. The SMILES string of the molecule is CC1=C(c2ccc(C)cc2)S(=O)(=O)N=C1Nc1cc(C)cc(C)c1. The highest BCUT2D eigenvalue weighted by molar-refractivity contribution is 8.00. The normalized spacial score (nSPS) is 16.2. The lowest BCUT2D eigenvalue weighted by Crippen LogP contribution is -2.11. The van der Waals surface area contributed by atoms with E-state index in [-0.39, 0.29) is 4.91 Å². The Morgan fingerprint density at radius 1 is 0.833 bits per heavy atom. The molecule has 1 heterocycles. The van der Waals surface area contributed by atoms with Crippen LogP contribution < -0.4 is 5.32 Å². The van der Waals surface area contributed by atoms with Crippen molar-refractivity contribution in [3.05, 3.63) is 70.3 Å². The summed E-state index contributed by atoms with van der Waals surface area (Å²) >= 11 is 0. The van der Waals surface area contributed by atoms with Crippen LogP contribution in [-0.4, -0.2) is 14.3 Å². The Balaban J connectivity index is 2.02. The standard InChI is InChI=1S/C19H20N2O2S/c1-12-5-7-16(8-6-12)18-15(4)19(21-24(18,22)23)20-17-10-13(2)9-14(3)11-17/h5-11H,1-4H3,(H,20,21). The number of amidine groups is 1. The number of anilines is 1. The molecule has 124 valence electrons. The summed E-state index contributed by atoms with van der Waals surface area (Å²) in [5, 5.41) is 3.15. The lowest BCUT2D eigenvalue weighted by Gasteiger charge is -2.09. The molecule has 2 aromatic rings. The predicted octanol–water partition coefficient (Wildman–Crippen LogP) is 4.20. The summed E-state index contributed by atoms with van der Waals surface area (Å²) < 4.78 is 29.0. The van der Waals surface area contributed by atoms with Gasteiger partial charge in [0.2, 0.25) is 0 Å². The van der Waals surface area contributed by atoms with Crippen molar-refractivity contribution >= 4 is 26.5 Å². The van der Waals surface area contributed by atoms with Gasteiger partial charge in [-0.2, -0.15) is 8.42 Å². The van der Waals surface area contributed by atoms with E-state index >= 15 is 0 Å². The molecule has 0 aliphatic carbocycles. The second-order valence-corrected chi connectivity index (χ2v) is 7.78. The number of rotatable bonds is 2. The highest BCUT2D eigenvalue weighted by Crippen LogP contribution is 2.33. The average molecular weight is 340 g/mol. The highest BCUT2D eigenvalue weighted by atomic mass is 32.2. The monoisotopic (exact) mass is 340 g/mol. The molecule has 0 bridgehead atoms. The molecular formula is C19H20N2O2S. The van der Waals surface area contributed by atoms with Crippen LogP contribution in [0.3, 0.4) is 0 Å². The maximum absolute atomic E-state index is 12.5. The second kappa shape index (κ2) is 5.91. The van der Waals surface area contributed by atoms with E-state index in [4.69, 9.17) is 0 Å². The zero-order chi connectivity index (χ0) is 17.5. The summed E-state index contributed by atoms with van der Waals surface area (Å²) in [4.78, 5) is 0.273. The van der Waals surface area contributed by atoms with Crippen LogP contribution in [0.4, 0.5) is 5.69 Å². The molecule has 3 rings (SSSR count). The van der Waals surface area contributed by atoms with Crippen molar-refractivity contribution in [2.45, 2.75) is 27.7 Å². The van der Waals surface area contributed by atoms with E-state index in [2.05, 4.69) is 15.8 Å². The minimum absolute atomic E-state index is 0.273. The molecule has 0 radical (unpaired) electrons. The number of hydrogen-bond acceptors (Lipinski definition) is 3.